The molecule has 0 saturated carbocycles. The van der Waals surface area contributed by atoms with Gasteiger partial charge in [-0.1, -0.05) is 47.7 Å². The third-order valence-electron chi connectivity index (χ3n) is 3.67. The van der Waals surface area contributed by atoms with E-state index in [1.807, 2.05) is 55.5 Å². The number of hydrogen-bond donors (Lipinski definition) is 2. The van der Waals surface area contributed by atoms with Crippen LogP contribution in [0.15, 0.2) is 48.5 Å². The van der Waals surface area contributed by atoms with Crippen LogP contribution >= 0.6 is 11.3 Å². The molecule has 128 valence electrons. The van der Waals surface area contributed by atoms with E-state index in [0.717, 1.165) is 21.3 Å². The van der Waals surface area contributed by atoms with Gasteiger partial charge in [0.15, 0.2) is 5.13 Å². The minimum absolute atomic E-state index is 0.0885. The first kappa shape index (κ1) is 17.1. The number of amides is 2. The first-order valence-electron chi connectivity index (χ1n) is 8.08. The van der Waals surface area contributed by atoms with E-state index in [1.54, 1.807) is 0 Å². The second kappa shape index (κ2) is 7.90. The van der Waals surface area contributed by atoms with Gasteiger partial charge in [0.25, 0.3) is 0 Å². The number of thiazole rings is 1. The first-order chi connectivity index (χ1) is 12.1. The zero-order valence-electron chi connectivity index (χ0n) is 13.9. The third kappa shape index (κ3) is 4.87. The Balaban J connectivity index is 1.45. The van der Waals surface area contributed by atoms with E-state index in [4.69, 9.17) is 0 Å². The summed E-state index contributed by atoms with van der Waals surface area (Å²) in [4.78, 5) is 28.2. The Bertz CT molecular complexity index is 890. The summed E-state index contributed by atoms with van der Waals surface area (Å²) in [6, 6.07) is 15.5. The van der Waals surface area contributed by atoms with E-state index in [0.29, 0.717) is 18.1 Å². The predicted octanol–water partition coefficient (Wildman–Crippen LogP) is 3.29. The minimum atomic E-state index is -0.157. The lowest BCUT2D eigenvalue weighted by Crippen LogP contribution is -2.28. The van der Waals surface area contributed by atoms with Gasteiger partial charge in [-0.2, -0.15) is 0 Å². The molecule has 0 aliphatic carbocycles. The van der Waals surface area contributed by atoms with Crippen LogP contribution in [0.25, 0.3) is 10.2 Å². The highest BCUT2D eigenvalue weighted by atomic mass is 32.1. The van der Waals surface area contributed by atoms with Crippen LogP contribution in [-0.4, -0.2) is 23.3 Å². The Morgan fingerprint density at radius 2 is 1.88 bits per heavy atom. The van der Waals surface area contributed by atoms with Gasteiger partial charge in [-0.3, -0.25) is 9.59 Å². The molecule has 1 heterocycles. The number of nitrogens with zero attached hydrogens (tertiary/aromatic N) is 1. The quantitative estimate of drug-likeness (QED) is 0.714. The number of carbonyl (C=O) groups is 2. The lowest BCUT2D eigenvalue weighted by atomic mass is 10.1. The van der Waals surface area contributed by atoms with Gasteiger partial charge in [-0.05, 0) is 30.2 Å². The van der Waals surface area contributed by atoms with Gasteiger partial charge in [-0.25, -0.2) is 4.98 Å². The number of carbonyl (C=O) groups excluding carboxylic acids is 2. The minimum Gasteiger partial charge on any atom is -0.355 e. The summed E-state index contributed by atoms with van der Waals surface area (Å²) < 4.78 is 1.05. The third-order valence-corrected chi connectivity index (χ3v) is 4.61. The second-order valence-corrected chi connectivity index (χ2v) is 6.83. The van der Waals surface area contributed by atoms with Crippen molar-refractivity contribution in [1.82, 2.24) is 10.3 Å². The highest BCUT2D eigenvalue weighted by molar-refractivity contribution is 7.22. The molecule has 0 unspecified atom stereocenters. The molecule has 0 aliphatic rings. The molecule has 0 aliphatic heterocycles. The van der Waals surface area contributed by atoms with Crippen LogP contribution in [0.3, 0.4) is 0 Å². The van der Waals surface area contributed by atoms with Crippen molar-refractivity contribution in [2.45, 2.75) is 19.8 Å². The Morgan fingerprint density at radius 3 is 2.68 bits per heavy atom. The Kier molecular flexibility index (Phi) is 5.40. The van der Waals surface area contributed by atoms with Crippen molar-refractivity contribution >= 4 is 38.5 Å². The van der Waals surface area contributed by atoms with Crippen molar-refractivity contribution in [3.8, 4) is 0 Å². The molecule has 2 N–H and O–H groups in total. The van der Waals surface area contributed by atoms with Gasteiger partial charge < -0.3 is 10.6 Å². The van der Waals surface area contributed by atoms with Crippen molar-refractivity contribution < 1.29 is 9.59 Å². The number of fused-ring (bicyclic) bond motifs is 1. The molecule has 25 heavy (non-hydrogen) atoms. The molecule has 3 rings (SSSR count). The van der Waals surface area contributed by atoms with Gasteiger partial charge in [0.1, 0.15) is 0 Å². The smallest absolute Gasteiger partial charge is 0.227 e. The molecule has 2 amide bonds. The van der Waals surface area contributed by atoms with Gasteiger partial charge in [-0.15, -0.1) is 0 Å². The molecule has 0 radical (unpaired) electrons. The average Bonchev–Trinajstić information content (AvgIpc) is 2.96. The molecule has 2 aromatic carbocycles. The average molecular weight is 353 g/mol. The standard InChI is InChI=1S/C19H19N3O2S/c1-13-7-8-15-16(11-13)25-19(21-15)22-17(23)9-10-20-18(24)12-14-5-3-2-4-6-14/h2-8,11H,9-10,12H2,1H3,(H,20,24)(H,21,22,23). The van der Waals surface area contributed by atoms with Crippen LogP contribution < -0.4 is 10.6 Å². The lowest BCUT2D eigenvalue weighted by molar-refractivity contribution is -0.120. The molecule has 6 heteroatoms. The van der Waals surface area contributed by atoms with Crippen molar-refractivity contribution in [2.24, 2.45) is 0 Å². The highest BCUT2D eigenvalue weighted by Gasteiger charge is 2.09. The summed E-state index contributed by atoms with van der Waals surface area (Å²) in [6.07, 6.45) is 0.537. The van der Waals surface area contributed by atoms with Crippen LogP contribution in [0, 0.1) is 6.92 Å². The van der Waals surface area contributed by atoms with E-state index in [2.05, 4.69) is 15.6 Å². The van der Waals surface area contributed by atoms with E-state index < -0.39 is 0 Å². The maximum atomic E-state index is 12.0. The van der Waals surface area contributed by atoms with Crippen LogP contribution in [0.1, 0.15) is 17.5 Å². The summed E-state index contributed by atoms with van der Waals surface area (Å²) in [7, 11) is 0. The van der Waals surface area contributed by atoms with Crippen LogP contribution in [0.4, 0.5) is 5.13 Å². The van der Waals surface area contributed by atoms with Crippen LogP contribution in [0.5, 0.6) is 0 Å². The second-order valence-electron chi connectivity index (χ2n) is 5.80. The maximum absolute atomic E-state index is 12.0. The SMILES string of the molecule is Cc1ccc2nc(NC(=O)CCNC(=O)Cc3ccccc3)sc2c1. The summed E-state index contributed by atoms with van der Waals surface area (Å²) in [5.41, 5.74) is 2.99. The number of aromatic nitrogens is 1. The van der Waals surface area contributed by atoms with Gasteiger partial charge in [0.05, 0.1) is 16.6 Å². The monoisotopic (exact) mass is 353 g/mol. The topological polar surface area (TPSA) is 71.1 Å². The largest absolute Gasteiger partial charge is 0.355 e. The number of rotatable bonds is 6. The number of aryl methyl sites for hydroxylation is 1. The lowest BCUT2D eigenvalue weighted by Gasteiger charge is -2.05. The highest BCUT2D eigenvalue weighted by Crippen LogP contribution is 2.26. The fourth-order valence-corrected chi connectivity index (χ4v) is 3.41. The zero-order valence-corrected chi connectivity index (χ0v) is 14.7. The predicted molar refractivity (Wildman–Crippen MR) is 101 cm³/mol. The van der Waals surface area contributed by atoms with Crippen molar-refractivity contribution in [2.75, 3.05) is 11.9 Å². The van der Waals surface area contributed by atoms with E-state index >= 15 is 0 Å². The number of benzene rings is 2. The van der Waals surface area contributed by atoms with Crippen LogP contribution in [0.2, 0.25) is 0 Å². The maximum Gasteiger partial charge on any atom is 0.227 e. The van der Waals surface area contributed by atoms with Crippen molar-refractivity contribution in [3.63, 3.8) is 0 Å². The zero-order chi connectivity index (χ0) is 17.6. The van der Waals surface area contributed by atoms with Crippen LogP contribution in [-0.2, 0) is 16.0 Å². The number of nitrogens with one attached hydrogen (secondary N) is 2. The Hall–Kier alpha value is -2.73. The molecular formula is C19H19N3O2S. The fourth-order valence-electron chi connectivity index (χ4n) is 2.43. The molecule has 0 atom stereocenters. The van der Waals surface area contributed by atoms with Gasteiger partial charge >= 0.3 is 0 Å². The Morgan fingerprint density at radius 1 is 1.08 bits per heavy atom. The summed E-state index contributed by atoms with van der Waals surface area (Å²) in [5, 5.41) is 6.14. The summed E-state index contributed by atoms with van der Waals surface area (Å²) in [5.74, 6) is -0.245. The number of anilines is 1. The van der Waals surface area contributed by atoms with Gasteiger partial charge in [0, 0.05) is 13.0 Å². The van der Waals surface area contributed by atoms with E-state index in [-0.39, 0.29) is 18.2 Å². The molecule has 1 aromatic heterocycles. The molecule has 3 aromatic rings. The summed E-state index contributed by atoms with van der Waals surface area (Å²) >= 11 is 1.45. The molecule has 0 bridgehead atoms. The first-order valence-corrected chi connectivity index (χ1v) is 8.89. The van der Waals surface area contributed by atoms with E-state index in [9.17, 15) is 9.59 Å². The number of hydrogen-bond acceptors (Lipinski definition) is 4. The molecule has 0 spiro atoms. The normalized spacial score (nSPS) is 10.6. The van der Waals surface area contributed by atoms with Gasteiger partial charge in [0.2, 0.25) is 11.8 Å². The van der Waals surface area contributed by atoms with Crippen molar-refractivity contribution in [3.05, 3.63) is 59.7 Å². The molecule has 0 saturated heterocycles. The Labute approximate surface area is 150 Å². The fraction of sp³-hybridized carbons (Fsp3) is 0.211. The molecule has 0 fully saturated rings. The molecule has 5 nitrogen and oxygen atoms in total. The summed E-state index contributed by atoms with van der Waals surface area (Å²) in [6.45, 7) is 2.33. The molecular weight excluding hydrogens is 334 g/mol. The van der Waals surface area contributed by atoms with E-state index in [1.165, 1.54) is 11.3 Å². The van der Waals surface area contributed by atoms with Crippen molar-refractivity contribution in [1.29, 1.82) is 0 Å².